The van der Waals surface area contributed by atoms with E-state index in [0.717, 1.165) is 25.9 Å². The van der Waals surface area contributed by atoms with Crippen LogP contribution in [0.5, 0.6) is 5.75 Å². The van der Waals surface area contributed by atoms with E-state index in [1.165, 1.54) is 16.8 Å². The molecule has 2 aromatic carbocycles. The van der Waals surface area contributed by atoms with Crippen LogP contribution in [0.1, 0.15) is 24.5 Å². The highest BCUT2D eigenvalue weighted by atomic mass is 16.6. The summed E-state index contributed by atoms with van der Waals surface area (Å²) in [5.41, 5.74) is 3.73. The summed E-state index contributed by atoms with van der Waals surface area (Å²) in [6.07, 6.45) is 1.32. The smallest absolute Gasteiger partial charge is 0.410 e. The second kappa shape index (κ2) is 8.72. The minimum atomic E-state index is -0.437. The third-order valence-corrected chi connectivity index (χ3v) is 4.65. The first-order chi connectivity index (χ1) is 12.7. The van der Waals surface area contributed by atoms with Gasteiger partial charge in [-0.2, -0.15) is 0 Å². The van der Waals surface area contributed by atoms with E-state index in [9.17, 15) is 4.79 Å². The zero-order chi connectivity index (χ0) is 18.4. The summed E-state index contributed by atoms with van der Waals surface area (Å²) in [4.78, 5) is 14.4. The van der Waals surface area contributed by atoms with Gasteiger partial charge in [-0.15, -0.1) is 0 Å². The van der Waals surface area contributed by atoms with E-state index in [2.05, 4.69) is 34.5 Å². The summed E-state index contributed by atoms with van der Waals surface area (Å²) in [5, 5.41) is 2.83. The van der Waals surface area contributed by atoms with Crippen molar-refractivity contribution in [1.82, 2.24) is 5.32 Å². The van der Waals surface area contributed by atoms with Crippen LogP contribution in [0.2, 0.25) is 0 Å². The highest BCUT2D eigenvalue weighted by Gasteiger charge is 2.20. The molecular weight excluding hydrogens is 328 g/mol. The number of ether oxygens (including phenoxy) is 2. The Balaban J connectivity index is 1.62. The van der Waals surface area contributed by atoms with Crippen LogP contribution in [0.3, 0.4) is 0 Å². The normalized spacial score (nSPS) is 14.0. The molecule has 1 aliphatic heterocycles. The average molecular weight is 354 g/mol. The van der Waals surface area contributed by atoms with Crippen LogP contribution in [0.25, 0.3) is 0 Å². The van der Waals surface area contributed by atoms with Crippen molar-refractivity contribution in [2.45, 2.75) is 32.4 Å². The molecule has 1 amide bonds. The zero-order valence-electron chi connectivity index (χ0n) is 15.4. The van der Waals surface area contributed by atoms with Crippen molar-refractivity contribution in [3.05, 3.63) is 59.7 Å². The van der Waals surface area contributed by atoms with Crippen LogP contribution in [-0.4, -0.2) is 32.4 Å². The van der Waals surface area contributed by atoms with Gasteiger partial charge in [-0.3, -0.25) is 0 Å². The standard InChI is InChI=1S/C21H26N2O3/c1-3-18(15-25-2)22-21(24)26-19-9-10-20-17(13-19)11-12-23(20)14-16-7-5-4-6-8-16/h4-10,13,18H,3,11-12,14-15H2,1-2H3,(H,22,24). The number of rotatable bonds is 7. The summed E-state index contributed by atoms with van der Waals surface area (Å²) in [6, 6.07) is 16.3. The predicted molar refractivity (Wildman–Crippen MR) is 103 cm³/mol. The Morgan fingerprint density at radius 1 is 1.23 bits per heavy atom. The van der Waals surface area contributed by atoms with Crippen LogP contribution >= 0.6 is 0 Å². The van der Waals surface area contributed by atoms with Crippen molar-refractivity contribution >= 4 is 11.8 Å². The van der Waals surface area contributed by atoms with E-state index < -0.39 is 6.09 Å². The summed E-state index contributed by atoms with van der Waals surface area (Å²) in [5.74, 6) is 0.579. The van der Waals surface area contributed by atoms with Crippen LogP contribution in [-0.2, 0) is 17.7 Å². The maximum atomic E-state index is 12.1. The van der Waals surface area contributed by atoms with Gasteiger partial charge in [0.1, 0.15) is 5.75 Å². The van der Waals surface area contributed by atoms with Gasteiger partial charge in [-0.05, 0) is 42.2 Å². The maximum Gasteiger partial charge on any atom is 0.412 e. The lowest BCUT2D eigenvalue weighted by molar-refractivity contribution is 0.152. The lowest BCUT2D eigenvalue weighted by Crippen LogP contribution is -2.39. The molecule has 0 spiro atoms. The molecule has 3 rings (SSSR count). The topological polar surface area (TPSA) is 50.8 Å². The molecule has 1 unspecified atom stereocenters. The van der Waals surface area contributed by atoms with Crippen LogP contribution < -0.4 is 15.0 Å². The predicted octanol–water partition coefficient (Wildman–Crippen LogP) is 3.76. The first-order valence-electron chi connectivity index (χ1n) is 9.08. The molecule has 2 aromatic rings. The molecule has 0 aliphatic carbocycles. The van der Waals surface area contributed by atoms with Crippen molar-refractivity contribution in [2.24, 2.45) is 0 Å². The van der Waals surface area contributed by atoms with Gasteiger partial charge in [-0.25, -0.2) is 4.79 Å². The first-order valence-corrected chi connectivity index (χ1v) is 9.08. The second-order valence-corrected chi connectivity index (χ2v) is 6.54. The highest BCUT2D eigenvalue weighted by Crippen LogP contribution is 2.32. The van der Waals surface area contributed by atoms with E-state index in [0.29, 0.717) is 12.4 Å². The van der Waals surface area contributed by atoms with E-state index in [1.54, 1.807) is 7.11 Å². The monoisotopic (exact) mass is 354 g/mol. The quantitative estimate of drug-likeness (QED) is 0.822. The molecule has 138 valence electrons. The Labute approximate surface area is 154 Å². The Bertz CT molecular complexity index is 733. The lowest BCUT2D eigenvalue weighted by Gasteiger charge is -2.20. The minimum Gasteiger partial charge on any atom is -0.410 e. The molecule has 0 saturated carbocycles. The largest absolute Gasteiger partial charge is 0.412 e. The third-order valence-electron chi connectivity index (χ3n) is 4.65. The molecule has 0 radical (unpaired) electrons. The second-order valence-electron chi connectivity index (χ2n) is 6.54. The van der Waals surface area contributed by atoms with Crippen molar-refractivity contribution in [3.8, 4) is 5.75 Å². The number of amides is 1. The van der Waals surface area contributed by atoms with Crippen LogP contribution in [0.4, 0.5) is 10.5 Å². The Morgan fingerprint density at radius 2 is 2.04 bits per heavy atom. The van der Waals surface area contributed by atoms with E-state index in [-0.39, 0.29) is 6.04 Å². The van der Waals surface area contributed by atoms with Gasteiger partial charge >= 0.3 is 6.09 Å². The molecule has 1 heterocycles. The van der Waals surface area contributed by atoms with Crippen LogP contribution in [0.15, 0.2) is 48.5 Å². The molecule has 0 saturated heterocycles. The molecule has 1 N–H and O–H groups in total. The van der Waals surface area contributed by atoms with Gasteiger partial charge in [0.15, 0.2) is 0 Å². The molecular formula is C21H26N2O3. The van der Waals surface area contributed by atoms with Gasteiger partial charge in [0.2, 0.25) is 0 Å². The number of carbonyl (C=O) groups is 1. The summed E-state index contributed by atoms with van der Waals surface area (Å²) >= 11 is 0. The molecule has 0 bridgehead atoms. The Morgan fingerprint density at radius 3 is 2.77 bits per heavy atom. The van der Waals surface area contributed by atoms with E-state index in [4.69, 9.17) is 9.47 Å². The number of methoxy groups -OCH3 is 1. The summed E-state index contributed by atoms with van der Waals surface area (Å²) < 4.78 is 10.5. The van der Waals surface area contributed by atoms with Gasteiger partial charge < -0.3 is 19.7 Å². The highest BCUT2D eigenvalue weighted by molar-refractivity contribution is 5.71. The summed E-state index contributed by atoms with van der Waals surface area (Å²) in [7, 11) is 1.62. The molecule has 26 heavy (non-hydrogen) atoms. The van der Waals surface area contributed by atoms with Gasteiger partial charge in [0.25, 0.3) is 0 Å². The molecule has 0 aromatic heterocycles. The molecule has 0 fully saturated rings. The number of fused-ring (bicyclic) bond motifs is 1. The fourth-order valence-electron chi connectivity index (χ4n) is 3.24. The number of nitrogens with one attached hydrogen (secondary N) is 1. The number of benzene rings is 2. The third kappa shape index (κ3) is 4.55. The SMILES string of the molecule is CCC(COC)NC(=O)Oc1ccc2c(c1)CCN2Cc1ccccc1. The van der Waals surface area contributed by atoms with Gasteiger partial charge in [0, 0.05) is 25.9 Å². The van der Waals surface area contributed by atoms with Crippen molar-refractivity contribution in [3.63, 3.8) is 0 Å². The van der Waals surface area contributed by atoms with E-state index >= 15 is 0 Å². The number of nitrogens with zero attached hydrogens (tertiary/aromatic N) is 1. The molecule has 5 nitrogen and oxygen atoms in total. The van der Waals surface area contributed by atoms with Crippen molar-refractivity contribution < 1.29 is 14.3 Å². The number of anilines is 1. The van der Waals surface area contributed by atoms with E-state index in [1.807, 2.05) is 31.2 Å². The van der Waals surface area contributed by atoms with Gasteiger partial charge in [-0.1, -0.05) is 37.3 Å². The zero-order valence-corrected chi connectivity index (χ0v) is 15.4. The fourth-order valence-corrected chi connectivity index (χ4v) is 3.24. The Kier molecular flexibility index (Phi) is 6.12. The van der Waals surface area contributed by atoms with Gasteiger partial charge in [0.05, 0.1) is 12.6 Å². The van der Waals surface area contributed by atoms with Crippen molar-refractivity contribution in [2.75, 3.05) is 25.2 Å². The fraction of sp³-hybridized carbons (Fsp3) is 0.381. The lowest BCUT2D eigenvalue weighted by atomic mass is 10.1. The summed E-state index contributed by atoms with van der Waals surface area (Å²) in [6.45, 7) is 4.35. The Hall–Kier alpha value is -2.53. The molecule has 1 atom stereocenters. The van der Waals surface area contributed by atoms with Crippen molar-refractivity contribution in [1.29, 1.82) is 0 Å². The number of hydrogen-bond donors (Lipinski definition) is 1. The first kappa shape index (κ1) is 18.3. The maximum absolute atomic E-state index is 12.1. The molecule has 1 aliphatic rings. The van der Waals surface area contributed by atoms with Crippen LogP contribution in [0, 0.1) is 0 Å². The molecule has 5 heteroatoms. The average Bonchev–Trinajstić information content (AvgIpc) is 3.04. The number of carbonyl (C=O) groups excluding carboxylic acids is 1. The number of hydrogen-bond acceptors (Lipinski definition) is 4. The minimum absolute atomic E-state index is 0.0386.